The van der Waals surface area contributed by atoms with Gasteiger partial charge >= 0.3 is 0 Å². The van der Waals surface area contributed by atoms with E-state index < -0.39 is 0 Å². The number of thioether (sulfide) groups is 1. The van der Waals surface area contributed by atoms with Crippen molar-refractivity contribution in [3.8, 4) is 0 Å². The van der Waals surface area contributed by atoms with Crippen LogP contribution in [0.3, 0.4) is 0 Å². The number of thiazole rings is 1. The molecule has 4 rings (SSSR count). The smallest absolute Gasteiger partial charge is 0.255 e. The van der Waals surface area contributed by atoms with Gasteiger partial charge in [0.25, 0.3) is 5.91 Å². The number of rotatable bonds is 6. The van der Waals surface area contributed by atoms with Crippen LogP contribution in [-0.4, -0.2) is 28.6 Å². The summed E-state index contributed by atoms with van der Waals surface area (Å²) in [4.78, 5) is 28.7. The molecule has 1 aliphatic rings. The van der Waals surface area contributed by atoms with Crippen molar-refractivity contribution >= 4 is 66.7 Å². The van der Waals surface area contributed by atoms with Gasteiger partial charge in [-0.25, -0.2) is 4.98 Å². The second kappa shape index (κ2) is 8.00. The van der Waals surface area contributed by atoms with E-state index in [1.807, 2.05) is 30.3 Å². The number of carbonyl (C=O) groups is 2. The number of nitrogens with zero attached hydrogens (tertiary/aromatic N) is 1. The fraction of sp³-hybridized carbons (Fsp3) is 0.211. The van der Waals surface area contributed by atoms with E-state index >= 15 is 0 Å². The molecule has 2 aromatic carbocycles. The summed E-state index contributed by atoms with van der Waals surface area (Å²) in [7, 11) is 0. The molecule has 0 atom stereocenters. The zero-order chi connectivity index (χ0) is 18.8. The summed E-state index contributed by atoms with van der Waals surface area (Å²) in [5.41, 5.74) is 2.19. The standard InChI is InChI=1S/C19H16BrN3O2S2/c20-12-3-1-11(2-4-12)18(25)22-14-7-8-15-16(9-14)27-19(23-15)26-10-17(24)21-13-5-6-13/h1-4,7-9,13H,5-6,10H2,(H,21,24)(H,22,25). The third-order valence-corrected chi connectivity index (χ3v) is 6.69. The van der Waals surface area contributed by atoms with Crippen LogP contribution in [0.25, 0.3) is 10.2 Å². The van der Waals surface area contributed by atoms with E-state index in [9.17, 15) is 9.59 Å². The molecule has 0 bridgehead atoms. The Morgan fingerprint density at radius 2 is 1.96 bits per heavy atom. The van der Waals surface area contributed by atoms with Gasteiger partial charge in [0.15, 0.2) is 4.34 Å². The summed E-state index contributed by atoms with van der Waals surface area (Å²) < 4.78 is 2.77. The van der Waals surface area contributed by atoms with E-state index in [0.717, 1.165) is 37.6 Å². The molecule has 1 aromatic heterocycles. The lowest BCUT2D eigenvalue weighted by Gasteiger charge is -2.05. The number of hydrogen-bond acceptors (Lipinski definition) is 5. The van der Waals surface area contributed by atoms with Crippen molar-refractivity contribution in [2.24, 2.45) is 0 Å². The number of benzene rings is 2. The van der Waals surface area contributed by atoms with Crippen LogP contribution >= 0.6 is 39.0 Å². The molecule has 1 saturated carbocycles. The Labute approximate surface area is 173 Å². The molecule has 0 radical (unpaired) electrons. The first-order chi connectivity index (χ1) is 13.1. The molecule has 27 heavy (non-hydrogen) atoms. The highest BCUT2D eigenvalue weighted by Gasteiger charge is 2.23. The van der Waals surface area contributed by atoms with Crippen molar-refractivity contribution in [1.29, 1.82) is 0 Å². The molecule has 8 heteroatoms. The number of fused-ring (bicyclic) bond motifs is 1. The molecule has 2 N–H and O–H groups in total. The third-order valence-electron chi connectivity index (χ3n) is 4.00. The Morgan fingerprint density at radius 3 is 2.70 bits per heavy atom. The summed E-state index contributed by atoms with van der Waals surface area (Å²) in [5.74, 6) is 0.283. The molecule has 3 aromatic rings. The van der Waals surface area contributed by atoms with Gasteiger partial charge in [-0.05, 0) is 55.3 Å². The molecule has 1 aliphatic carbocycles. The largest absolute Gasteiger partial charge is 0.353 e. The van der Waals surface area contributed by atoms with Gasteiger partial charge in [0, 0.05) is 21.8 Å². The predicted octanol–water partition coefficient (Wildman–Crippen LogP) is 4.68. The van der Waals surface area contributed by atoms with Gasteiger partial charge in [-0.15, -0.1) is 11.3 Å². The maximum Gasteiger partial charge on any atom is 0.255 e. The normalized spacial score (nSPS) is 13.5. The maximum absolute atomic E-state index is 12.4. The minimum atomic E-state index is -0.155. The van der Waals surface area contributed by atoms with E-state index in [4.69, 9.17) is 0 Å². The molecular weight excluding hydrogens is 446 g/mol. The Balaban J connectivity index is 1.41. The quantitative estimate of drug-likeness (QED) is 0.522. The summed E-state index contributed by atoms with van der Waals surface area (Å²) in [6, 6.07) is 13.2. The number of amides is 2. The second-order valence-corrected chi connectivity index (χ2v) is 9.42. The highest BCUT2D eigenvalue weighted by molar-refractivity contribution is 9.10. The Bertz CT molecular complexity index is 1000. The van der Waals surface area contributed by atoms with Crippen LogP contribution in [0.1, 0.15) is 23.2 Å². The predicted molar refractivity (Wildman–Crippen MR) is 114 cm³/mol. The van der Waals surface area contributed by atoms with Gasteiger partial charge in [-0.3, -0.25) is 9.59 Å². The summed E-state index contributed by atoms with van der Waals surface area (Å²) in [6.45, 7) is 0. The number of nitrogens with one attached hydrogen (secondary N) is 2. The molecule has 0 unspecified atom stereocenters. The lowest BCUT2D eigenvalue weighted by atomic mass is 10.2. The topological polar surface area (TPSA) is 71.1 Å². The second-order valence-electron chi connectivity index (χ2n) is 6.25. The summed E-state index contributed by atoms with van der Waals surface area (Å²) >= 11 is 6.34. The van der Waals surface area contributed by atoms with Gasteiger partial charge in [0.05, 0.1) is 16.0 Å². The van der Waals surface area contributed by atoms with E-state index in [0.29, 0.717) is 17.4 Å². The number of hydrogen-bond donors (Lipinski definition) is 2. The van der Waals surface area contributed by atoms with E-state index in [2.05, 4.69) is 31.5 Å². The van der Waals surface area contributed by atoms with Crippen LogP contribution in [0.4, 0.5) is 5.69 Å². The Kier molecular flexibility index (Phi) is 5.47. The number of carbonyl (C=O) groups excluding carboxylic acids is 2. The molecule has 5 nitrogen and oxygen atoms in total. The van der Waals surface area contributed by atoms with E-state index in [-0.39, 0.29) is 11.8 Å². The monoisotopic (exact) mass is 461 g/mol. The zero-order valence-electron chi connectivity index (χ0n) is 14.2. The molecule has 0 saturated heterocycles. The first-order valence-electron chi connectivity index (χ1n) is 8.46. The van der Waals surface area contributed by atoms with Crippen molar-refractivity contribution in [1.82, 2.24) is 10.3 Å². The average Bonchev–Trinajstić information content (AvgIpc) is 3.36. The number of aromatic nitrogens is 1. The van der Waals surface area contributed by atoms with Crippen molar-refractivity contribution in [3.63, 3.8) is 0 Å². The van der Waals surface area contributed by atoms with Crippen LogP contribution in [0, 0.1) is 0 Å². The molecule has 0 aliphatic heterocycles. The molecule has 0 spiro atoms. The van der Waals surface area contributed by atoms with Crippen molar-refractivity contribution in [2.45, 2.75) is 23.2 Å². The van der Waals surface area contributed by atoms with Gasteiger partial charge in [0.1, 0.15) is 0 Å². The fourth-order valence-electron chi connectivity index (χ4n) is 2.47. The summed E-state index contributed by atoms with van der Waals surface area (Å²) in [6.07, 6.45) is 2.18. The minimum absolute atomic E-state index is 0.0595. The molecule has 1 heterocycles. The number of halogens is 1. The zero-order valence-corrected chi connectivity index (χ0v) is 17.4. The highest BCUT2D eigenvalue weighted by Crippen LogP contribution is 2.31. The average molecular weight is 462 g/mol. The van der Waals surface area contributed by atoms with Gasteiger partial charge in [-0.2, -0.15) is 0 Å². The SMILES string of the molecule is O=C(CSc1nc2ccc(NC(=O)c3ccc(Br)cc3)cc2s1)NC1CC1. The van der Waals surface area contributed by atoms with Crippen LogP contribution in [0.5, 0.6) is 0 Å². The lowest BCUT2D eigenvalue weighted by molar-refractivity contribution is -0.118. The highest BCUT2D eigenvalue weighted by atomic mass is 79.9. The van der Waals surface area contributed by atoms with Crippen LogP contribution < -0.4 is 10.6 Å². The van der Waals surface area contributed by atoms with Crippen LogP contribution in [0.2, 0.25) is 0 Å². The van der Waals surface area contributed by atoms with Gasteiger partial charge in [0.2, 0.25) is 5.91 Å². The first kappa shape index (κ1) is 18.5. The van der Waals surface area contributed by atoms with Gasteiger partial charge in [-0.1, -0.05) is 27.7 Å². The first-order valence-corrected chi connectivity index (χ1v) is 11.1. The van der Waals surface area contributed by atoms with Crippen molar-refractivity contribution in [2.75, 3.05) is 11.1 Å². The van der Waals surface area contributed by atoms with Crippen molar-refractivity contribution < 1.29 is 9.59 Å². The molecule has 2 amide bonds. The lowest BCUT2D eigenvalue weighted by Crippen LogP contribution is -2.26. The molecule has 1 fully saturated rings. The fourth-order valence-corrected chi connectivity index (χ4v) is 4.66. The molecular formula is C19H16BrN3O2S2. The maximum atomic E-state index is 12.4. The third kappa shape index (κ3) is 4.88. The Morgan fingerprint density at radius 1 is 1.19 bits per heavy atom. The van der Waals surface area contributed by atoms with E-state index in [1.54, 1.807) is 12.1 Å². The van der Waals surface area contributed by atoms with Gasteiger partial charge < -0.3 is 10.6 Å². The van der Waals surface area contributed by atoms with Crippen molar-refractivity contribution in [3.05, 3.63) is 52.5 Å². The van der Waals surface area contributed by atoms with Crippen LogP contribution in [0.15, 0.2) is 51.3 Å². The molecule has 138 valence electrons. The minimum Gasteiger partial charge on any atom is -0.353 e. The van der Waals surface area contributed by atoms with E-state index in [1.165, 1.54) is 23.1 Å². The van der Waals surface area contributed by atoms with Crippen LogP contribution in [-0.2, 0) is 4.79 Å². The Hall–Kier alpha value is -1.90. The summed E-state index contributed by atoms with van der Waals surface area (Å²) in [5, 5.41) is 5.89. The number of anilines is 1.